The van der Waals surface area contributed by atoms with E-state index in [4.69, 9.17) is 10.3 Å². The molecule has 0 aromatic heterocycles. The smallest absolute Gasteiger partial charge is 0.331 e. The molecule has 5 nitrogen and oxygen atoms in total. The first-order valence-electron chi connectivity index (χ1n) is 5.94. The first-order valence-corrected chi connectivity index (χ1v) is 5.94. The molecule has 19 heavy (non-hydrogen) atoms. The Balaban J connectivity index is 2.73. The van der Waals surface area contributed by atoms with E-state index in [1.54, 1.807) is 12.1 Å². The number of nitrogens with zero attached hydrogens (tertiary/aromatic N) is 2. The van der Waals surface area contributed by atoms with Crippen molar-refractivity contribution in [3.05, 3.63) is 34.9 Å². The lowest BCUT2D eigenvalue weighted by atomic mass is 10.0. The Kier molecular flexibility index (Phi) is 5.15. The van der Waals surface area contributed by atoms with Crippen molar-refractivity contribution in [2.45, 2.75) is 33.6 Å². The number of hydrogen-bond donors (Lipinski definition) is 0. The highest BCUT2D eigenvalue weighted by molar-refractivity contribution is 6.36. The molecule has 0 aliphatic rings. The molecule has 0 unspecified atom stereocenters. The fraction of sp³-hybridized carbons (Fsp3) is 0.357. The van der Waals surface area contributed by atoms with Crippen LogP contribution >= 0.6 is 0 Å². The van der Waals surface area contributed by atoms with Crippen LogP contribution in [-0.2, 0) is 16.0 Å². The van der Waals surface area contributed by atoms with E-state index >= 15 is 0 Å². The van der Waals surface area contributed by atoms with Gasteiger partial charge in [0.1, 0.15) is 5.75 Å². The molecule has 0 N–H and O–H groups in total. The average molecular weight is 260 g/mol. The summed E-state index contributed by atoms with van der Waals surface area (Å²) in [5, 5.41) is 0. The zero-order chi connectivity index (χ0) is 14.4. The number of hydrogen-bond acceptors (Lipinski definition) is 3. The predicted molar refractivity (Wildman–Crippen MR) is 70.1 cm³/mol. The highest BCUT2D eigenvalue weighted by Gasteiger charge is 2.13. The van der Waals surface area contributed by atoms with E-state index < -0.39 is 0 Å². The molecule has 100 valence electrons. The Labute approximate surface area is 111 Å². The maximum atomic E-state index is 11.5. The minimum absolute atomic E-state index is 0.106. The van der Waals surface area contributed by atoms with E-state index in [1.807, 2.05) is 13.0 Å². The standard InChI is InChI=1S/C14H16N2O3/c1-9-8-13(19-11(3)17)6-4-12(9)5-7-14(18)10(2)16-15/h4,6,8H,5,7H2,1-3H3. The van der Waals surface area contributed by atoms with Crippen LogP contribution < -0.4 is 4.74 Å². The van der Waals surface area contributed by atoms with Gasteiger partial charge in [-0.05, 0) is 36.6 Å². The summed E-state index contributed by atoms with van der Waals surface area (Å²) < 4.78 is 4.97. The van der Waals surface area contributed by atoms with Gasteiger partial charge in [-0.15, -0.1) is 0 Å². The van der Waals surface area contributed by atoms with Gasteiger partial charge in [0.15, 0.2) is 0 Å². The van der Waals surface area contributed by atoms with Gasteiger partial charge in [0, 0.05) is 20.3 Å². The summed E-state index contributed by atoms with van der Waals surface area (Å²) in [5.74, 6) is -0.0590. The van der Waals surface area contributed by atoms with Crippen molar-refractivity contribution in [3.63, 3.8) is 0 Å². The Hall–Kier alpha value is -2.26. The molecule has 0 saturated heterocycles. The zero-order valence-corrected chi connectivity index (χ0v) is 11.3. The molecule has 1 aromatic rings. The number of carbonyl (C=O) groups is 2. The topological polar surface area (TPSA) is 79.8 Å². The Morgan fingerprint density at radius 1 is 1.32 bits per heavy atom. The summed E-state index contributed by atoms with van der Waals surface area (Å²) in [6, 6.07) is 5.28. The van der Waals surface area contributed by atoms with Crippen molar-refractivity contribution in [1.29, 1.82) is 0 Å². The molecule has 0 amide bonds. The fourth-order valence-corrected chi connectivity index (χ4v) is 1.66. The first kappa shape index (κ1) is 14.8. The first-order chi connectivity index (χ1) is 8.93. The highest BCUT2D eigenvalue weighted by atomic mass is 16.5. The highest BCUT2D eigenvalue weighted by Crippen LogP contribution is 2.18. The third-order valence-electron chi connectivity index (χ3n) is 2.75. The molecule has 0 aliphatic heterocycles. The molecule has 0 bridgehead atoms. The van der Waals surface area contributed by atoms with Gasteiger partial charge in [0.2, 0.25) is 5.78 Å². The van der Waals surface area contributed by atoms with E-state index in [2.05, 4.69) is 4.79 Å². The Morgan fingerprint density at radius 2 is 2.00 bits per heavy atom. The normalized spacial score (nSPS) is 9.63. The molecular formula is C14H16N2O3. The van der Waals surface area contributed by atoms with Gasteiger partial charge in [-0.2, -0.15) is 4.79 Å². The van der Waals surface area contributed by atoms with Crippen LogP contribution in [0.15, 0.2) is 18.2 Å². The van der Waals surface area contributed by atoms with Crippen molar-refractivity contribution in [3.8, 4) is 5.75 Å². The molecule has 0 radical (unpaired) electrons. The Morgan fingerprint density at radius 3 is 2.53 bits per heavy atom. The average Bonchev–Trinajstić information content (AvgIpc) is 2.35. The van der Waals surface area contributed by atoms with Crippen LogP contribution in [0.25, 0.3) is 5.53 Å². The molecular weight excluding hydrogens is 244 g/mol. The monoisotopic (exact) mass is 260 g/mol. The third kappa shape index (κ3) is 4.48. The van der Waals surface area contributed by atoms with Gasteiger partial charge in [0.05, 0.1) is 0 Å². The summed E-state index contributed by atoms with van der Waals surface area (Å²) in [4.78, 5) is 25.2. The number of ketones is 1. The fourth-order valence-electron chi connectivity index (χ4n) is 1.66. The van der Waals surface area contributed by atoms with Crippen molar-refractivity contribution < 1.29 is 19.1 Å². The number of ether oxygens (including phenoxy) is 1. The van der Waals surface area contributed by atoms with E-state index in [0.717, 1.165) is 11.1 Å². The minimum atomic E-state index is -0.364. The Bertz CT molecular complexity index is 558. The lowest BCUT2D eigenvalue weighted by Crippen LogP contribution is -2.12. The van der Waals surface area contributed by atoms with Gasteiger partial charge >= 0.3 is 11.7 Å². The molecule has 0 fully saturated rings. The maximum absolute atomic E-state index is 11.5. The van der Waals surface area contributed by atoms with E-state index in [1.165, 1.54) is 13.8 Å². The molecule has 0 spiro atoms. The quantitative estimate of drug-likeness (QED) is 0.267. The van der Waals surface area contributed by atoms with Crippen molar-refractivity contribution in [2.75, 3.05) is 0 Å². The van der Waals surface area contributed by atoms with Crippen LogP contribution in [0.5, 0.6) is 5.75 Å². The van der Waals surface area contributed by atoms with E-state index in [0.29, 0.717) is 12.2 Å². The van der Waals surface area contributed by atoms with Crippen molar-refractivity contribution in [1.82, 2.24) is 0 Å². The summed E-state index contributed by atoms with van der Waals surface area (Å²) in [7, 11) is 0. The number of Topliss-reactive ketones (excluding diaryl/α,β-unsaturated/α-hetero) is 1. The summed E-state index contributed by atoms with van der Waals surface area (Å²) in [6.07, 6.45) is 0.835. The van der Waals surface area contributed by atoms with Crippen LogP contribution in [0, 0.1) is 6.92 Å². The van der Waals surface area contributed by atoms with Crippen LogP contribution in [0.4, 0.5) is 0 Å². The summed E-state index contributed by atoms with van der Waals surface area (Å²) in [5.41, 5.74) is 10.5. The van der Waals surface area contributed by atoms with Gasteiger partial charge in [-0.1, -0.05) is 6.07 Å². The van der Waals surface area contributed by atoms with Crippen molar-refractivity contribution >= 4 is 17.5 Å². The zero-order valence-electron chi connectivity index (χ0n) is 11.3. The minimum Gasteiger partial charge on any atom is -0.427 e. The van der Waals surface area contributed by atoms with Crippen molar-refractivity contribution in [2.24, 2.45) is 0 Å². The third-order valence-corrected chi connectivity index (χ3v) is 2.75. The largest absolute Gasteiger partial charge is 0.427 e. The molecule has 0 heterocycles. The maximum Gasteiger partial charge on any atom is 0.331 e. The predicted octanol–water partition coefficient (Wildman–Crippen LogP) is 2.11. The number of aryl methyl sites for hydroxylation is 2. The number of rotatable bonds is 5. The molecule has 0 aliphatic carbocycles. The number of benzene rings is 1. The van der Waals surface area contributed by atoms with Crippen LogP contribution in [0.3, 0.4) is 0 Å². The number of esters is 1. The summed E-state index contributed by atoms with van der Waals surface area (Å²) in [6.45, 7) is 4.71. The van der Waals surface area contributed by atoms with Crippen LogP contribution in [0.2, 0.25) is 0 Å². The van der Waals surface area contributed by atoms with Gasteiger partial charge in [-0.25, -0.2) is 0 Å². The SMILES string of the molecule is CC(=O)Oc1ccc(CCC(=O)C(C)=[N+]=[N-])c(C)c1. The van der Waals surface area contributed by atoms with Gasteiger partial charge < -0.3 is 10.3 Å². The van der Waals surface area contributed by atoms with Crippen LogP contribution in [-0.4, -0.2) is 22.3 Å². The lowest BCUT2D eigenvalue weighted by molar-refractivity contribution is -0.131. The molecule has 0 atom stereocenters. The molecule has 1 aromatic carbocycles. The number of carbonyl (C=O) groups excluding carboxylic acids is 2. The molecule has 0 saturated carbocycles. The molecule has 1 rings (SSSR count). The second-order valence-corrected chi connectivity index (χ2v) is 4.29. The van der Waals surface area contributed by atoms with Crippen LogP contribution in [0.1, 0.15) is 31.4 Å². The lowest BCUT2D eigenvalue weighted by Gasteiger charge is -2.07. The second-order valence-electron chi connectivity index (χ2n) is 4.29. The van der Waals surface area contributed by atoms with E-state index in [-0.39, 0.29) is 23.9 Å². The van der Waals surface area contributed by atoms with E-state index in [9.17, 15) is 9.59 Å². The van der Waals surface area contributed by atoms with Gasteiger partial charge in [0.25, 0.3) is 0 Å². The molecule has 5 heteroatoms. The van der Waals surface area contributed by atoms with Gasteiger partial charge in [-0.3, -0.25) is 9.59 Å². The summed E-state index contributed by atoms with van der Waals surface area (Å²) >= 11 is 0. The second kappa shape index (κ2) is 6.61.